The predicted octanol–water partition coefficient (Wildman–Crippen LogP) is 3.18. The van der Waals surface area contributed by atoms with Crippen LogP contribution in [0.25, 0.3) is 21.3 Å². The third-order valence-corrected chi connectivity index (χ3v) is 4.09. The minimum absolute atomic E-state index is 0.724. The molecule has 18 heavy (non-hydrogen) atoms. The summed E-state index contributed by atoms with van der Waals surface area (Å²) in [6.45, 7) is 0.724. The van der Waals surface area contributed by atoms with Crippen LogP contribution in [0.1, 0.15) is 11.4 Å². The number of aromatic nitrogens is 2. The number of para-hydroxylation sites is 1. The summed E-state index contributed by atoms with van der Waals surface area (Å²) in [5.41, 5.74) is 7.93. The van der Waals surface area contributed by atoms with Crippen molar-refractivity contribution >= 4 is 22.2 Å². The van der Waals surface area contributed by atoms with E-state index in [0.717, 1.165) is 19.4 Å². The smallest absolute Gasteiger partial charge is 0.0931 e. The number of nitrogens with zero attached hydrogens (tertiary/aromatic N) is 1. The maximum Gasteiger partial charge on any atom is 0.0931 e. The third-order valence-electron chi connectivity index (χ3n) is 3.00. The molecule has 1 aromatic carbocycles. The van der Waals surface area contributed by atoms with Crippen LogP contribution in [0.4, 0.5) is 0 Å². The lowest BCUT2D eigenvalue weighted by atomic mass is 10.1. The molecule has 0 amide bonds. The quantitative estimate of drug-likeness (QED) is 0.754. The van der Waals surface area contributed by atoms with Gasteiger partial charge in [0.25, 0.3) is 0 Å². The zero-order valence-corrected chi connectivity index (χ0v) is 10.8. The fourth-order valence-corrected chi connectivity index (χ4v) is 3.07. The van der Waals surface area contributed by atoms with Crippen LogP contribution >= 0.6 is 11.3 Å². The second-order valence-corrected chi connectivity index (χ2v) is 5.37. The Morgan fingerprint density at radius 3 is 3.06 bits per heavy atom. The average molecular weight is 257 g/mol. The van der Waals surface area contributed by atoms with E-state index in [2.05, 4.69) is 34.4 Å². The zero-order valence-electron chi connectivity index (χ0n) is 10.0. The summed E-state index contributed by atoms with van der Waals surface area (Å²) >= 11 is 1.76. The summed E-state index contributed by atoms with van der Waals surface area (Å²) in [6.07, 6.45) is 6.00. The van der Waals surface area contributed by atoms with E-state index in [9.17, 15) is 0 Å². The van der Waals surface area contributed by atoms with Crippen LogP contribution in [-0.2, 0) is 6.42 Å². The molecule has 2 aromatic heterocycles. The number of benzene rings is 1. The molecule has 3 aromatic rings. The van der Waals surface area contributed by atoms with Gasteiger partial charge in [0.2, 0.25) is 0 Å². The van der Waals surface area contributed by atoms with E-state index in [1.54, 1.807) is 11.3 Å². The lowest BCUT2D eigenvalue weighted by Gasteiger charge is -1.94. The molecule has 0 aliphatic heterocycles. The SMILES string of the molecule is NCCCc1ncc(-c2c[nH]c3ccccc23)s1. The first kappa shape index (κ1) is 11.4. The standard InChI is InChI=1S/C14H15N3S/c15-7-3-6-14-17-9-13(18-14)11-8-16-12-5-2-1-4-10(11)12/h1-2,4-5,8-9,16H,3,6-7,15H2. The minimum Gasteiger partial charge on any atom is -0.361 e. The van der Waals surface area contributed by atoms with Gasteiger partial charge in [-0.3, -0.25) is 0 Å². The molecule has 0 spiro atoms. The molecular formula is C14H15N3S. The molecule has 0 fully saturated rings. The zero-order chi connectivity index (χ0) is 12.4. The summed E-state index contributed by atoms with van der Waals surface area (Å²) in [5.74, 6) is 0. The Labute approximate surface area is 110 Å². The van der Waals surface area contributed by atoms with Gasteiger partial charge in [-0.2, -0.15) is 0 Å². The molecule has 0 atom stereocenters. The van der Waals surface area contributed by atoms with E-state index in [4.69, 9.17) is 5.73 Å². The molecular weight excluding hydrogens is 242 g/mol. The fourth-order valence-electron chi connectivity index (χ4n) is 2.08. The number of H-pyrrole nitrogens is 1. The summed E-state index contributed by atoms with van der Waals surface area (Å²) in [6, 6.07) is 8.34. The average Bonchev–Trinajstić information content (AvgIpc) is 3.02. The Morgan fingerprint density at radius 2 is 2.17 bits per heavy atom. The molecule has 3 nitrogen and oxygen atoms in total. The Hall–Kier alpha value is -1.65. The lowest BCUT2D eigenvalue weighted by molar-refractivity contribution is 0.826. The third kappa shape index (κ3) is 2.05. The summed E-state index contributed by atoms with van der Waals surface area (Å²) in [5, 5.41) is 2.42. The normalized spacial score (nSPS) is 11.2. The molecule has 0 saturated carbocycles. The Kier molecular flexibility index (Phi) is 3.13. The summed E-state index contributed by atoms with van der Waals surface area (Å²) in [4.78, 5) is 8.99. The van der Waals surface area contributed by atoms with Crippen LogP contribution in [0, 0.1) is 0 Å². The van der Waals surface area contributed by atoms with Crippen molar-refractivity contribution in [2.24, 2.45) is 5.73 Å². The van der Waals surface area contributed by atoms with E-state index >= 15 is 0 Å². The maximum absolute atomic E-state index is 5.52. The van der Waals surface area contributed by atoms with Gasteiger partial charge in [0, 0.05) is 35.3 Å². The molecule has 92 valence electrons. The second-order valence-electron chi connectivity index (χ2n) is 4.26. The van der Waals surface area contributed by atoms with E-state index in [1.807, 2.05) is 12.3 Å². The number of hydrogen-bond acceptors (Lipinski definition) is 3. The molecule has 0 saturated heterocycles. The number of aryl methyl sites for hydroxylation is 1. The first-order valence-electron chi connectivity index (χ1n) is 6.10. The molecule has 3 rings (SSSR count). The van der Waals surface area contributed by atoms with Gasteiger partial charge in [-0.05, 0) is 19.0 Å². The highest BCUT2D eigenvalue weighted by Gasteiger charge is 2.09. The molecule has 0 bridgehead atoms. The molecule has 3 N–H and O–H groups in total. The van der Waals surface area contributed by atoms with Crippen molar-refractivity contribution in [2.45, 2.75) is 12.8 Å². The molecule has 4 heteroatoms. The molecule has 0 aliphatic carbocycles. The molecule has 2 heterocycles. The van der Waals surface area contributed by atoms with Crippen LogP contribution in [0.5, 0.6) is 0 Å². The maximum atomic E-state index is 5.52. The van der Waals surface area contributed by atoms with Gasteiger partial charge in [0.05, 0.1) is 9.88 Å². The second kappa shape index (κ2) is 4.92. The van der Waals surface area contributed by atoms with Crippen LogP contribution in [0.15, 0.2) is 36.7 Å². The van der Waals surface area contributed by atoms with Crippen LogP contribution in [0.2, 0.25) is 0 Å². The van der Waals surface area contributed by atoms with Crippen molar-refractivity contribution in [3.63, 3.8) is 0 Å². The van der Waals surface area contributed by atoms with E-state index in [0.29, 0.717) is 0 Å². The molecule has 0 unspecified atom stereocenters. The highest BCUT2D eigenvalue weighted by Crippen LogP contribution is 2.32. The Balaban J connectivity index is 1.96. The fraction of sp³-hybridized carbons (Fsp3) is 0.214. The Bertz CT molecular complexity index is 654. The molecule has 0 radical (unpaired) electrons. The largest absolute Gasteiger partial charge is 0.361 e. The number of fused-ring (bicyclic) bond motifs is 1. The van der Waals surface area contributed by atoms with Gasteiger partial charge in [-0.15, -0.1) is 11.3 Å². The van der Waals surface area contributed by atoms with Crippen molar-refractivity contribution in [1.82, 2.24) is 9.97 Å². The first-order valence-corrected chi connectivity index (χ1v) is 6.91. The number of nitrogens with one attached hydrogen (secondary N) is 1. The minimum atomic E-state index is 0.724. The molecule has 0 aliphatic rings. The van der Waals surface area contributed by atoms with Crippen LogP contribution in [-0.4, -0.2) is 16.5 Å². The van der Waals surface area contributed by atoms with Gasteiger partial charge in [0.15, 0.2) is 0 Å². The summed E-state index contributed by atoms with van der Waals surface area (Å²) in [7, 11) is 0. The first-order chi connectivity index (χ1) is 8.88. The highest BCUT2D eigenvalue weighted by atomic mass is 32.1. The number of aromatic amines is 1. The van der Waals surface area contributed by atoms with Crippen molar-refractivity contribution in [3.05, 3.63) is 41.7 Å². The van der Waals surface area contributed by atoms with E-state index in [-0.39, 0.29) is 0 Å². The van der Waals surface area contributed by atoms with Crippen molar-refractivity contribution in [3.8, 4) is 10.4 Å². The van der Waals surface area contributed by atoms with Gasteiger partial charge in [0.1, 0.15) is 0 Å². The van der Waals surface area contributed by atoms with Gasteiger partial charge >= 0.3 is 0 Å². The highest BCUT2D eigenvalue weighted by molar-refractivity contribution is 7.15. The van der Waals surface area contributed by atoms with Crippen molar-refractivity contribution in [1.29, 1.82) is 0 Å². The van der Waals surface area contributed by atoms with Crippen molar-refractivity contribution < 1.29 is 0 Å². The van der Waals surface area contributed by atoms with Gasteiger partial charge < -0.3 is 10.7 Å². The van der Waals surface area contributed by atoms with E-state index in [1.165, 1.54) is 26.4 Å². The number of thiazole rings is 1. The predicted molar refractivity (Wildman–Crippen MR) is 76.8 cm³/mol. The Morgan fingerprint density at radius 1 is 1.28 bits per heavy atom. The topological polar surface area (TPSA) is 54.7 Å². The number of nitrogens with two attached hydrogens (primary N) is 1. The van der Waals surface area contributed by atoms with Crippen molar-refractivity contribution in [2.75, 3.05) is 6.54 Å². The van der Waals surface area contributed by atoms with E-state index < -0.39 is 0 Å². The summed E-state index contributed by atoms with van der Waals surface area (Å²) < 4.78 is 0. The monoisotopic (exact) mass is 257 g/mol. The number of hydrogen-bond donors (Lipinski definition) is 2. The van der Waals surface area contributed by atoms with Gasteiger partial charge in [-0.1, -0.05) is 18.2 Å². The van der Waals surface area contributed by atoms with Crippen LogP contribution < -0.4 is 5.73 Å². The van der Waals surface area contributed by atoms with Crippen LogP contribution in [0.3, 0.4) is 0 Å². The van der Waals surface area contributed by atoms with Gasteiger partial charge in [-0.25, -0.2) is 4.98 Å². The lowest BCUT2D eigenvalue weighted by Crippen LogP contribution is -1.99. The number of rotatable bonds is 4.